The van der Waals surface area contributed by atoms with E-state index < -0.39 is 0 Å². The van der Waals surface area contributed by atoms with Crippen LogP contribution in [0.5, 0.6) is 0 Å². The lowest BCUT2D eigenvalue weighted by molar-refractivity contribution is 0.0174. The Morgan fingerprint density at radius 1 is 1.23 bits per heavy atom. The Balaban J connectivity index is 2.65. The monoisotopic (exact) mass is 184 g/mol. The Morgan fingerprint density at radius 2 is 1.85 bits per heavy atom. The van der Waals surface area contributed by atoms with E-state index in [0.717, 1.165) is 18.8 Å². The van der Waals surface area contributed by atoms with E-state index in [9.17, 15) is 5.11 Å². The normalized spacial score (nSPS) is 36.2. The molecule has 1 N–H and O–H groups in total. The molecule has 0 aliphatic heterocycles. The first-order valence-corrected chi connectivity index (χ1v) is 5.63. The standard InChI is InChI=1S/C12H24O/c1-5-9-6-7-10(13)8-11(9)12(2,3)4/h9-11,13H,5-8H2,1-4H3. The fourth-order valence-corrected chi connectivity index (χ4v) is 2.76. The van der Waals surface area contributed by atoms with Gasteiger partial charge in [0.2, 0.25) is 0 Å². The first-order valence-electron chi connectivity index (χ1n) is 5.63. The molecule has 1 aliphatic carbocycles. The molecule has 1 rings (SSSR count). The zero-order valence-corrected chi connectivity index (χ0v) is 9.51. The second-order valence-electron chi connectivity index (χ2n) is 5.61. The second kappa shape index (κ2) is 4.00. The predicted molar refractivity (Wildman–Crippen MR) is 56.6 cm³/mol. The Hall–Kier alpha value is -0.0400. The van der Waals surface area contributed by atoms with Crippen molar-refractivity contribution in [2.24, 2.45) is 17.3 Å². The summed E-state index contributed by atoms with van der Waals surface area (Å²) in [6, 6.07) is 0. The molecule has 1 aliphatic rings. The summed E-state index contributed by atoms with van der Waals surface area (Å²) in [5.74, 6) is 1.55. The number of aliphatic hydroxyl groups excluding tert-OH is 1. The van der Waals surface area contributed by atoms with E-state index >= 15 is 0 Å². The molecule has 1 saturated carbocycles. The van der Waals surface area contributed by atoms with Crippen LogP contribution in [0, 0.1) is 17.3 Å². The summed E-state index contributed by atoms with van der Waals surface area (Å²) in [5, 5.41) is 9.66. The quantitative estimate of drug-likeness (QED) is 0.663. The lowest BCUT2D eigenvalue weighted by Gasteiger charge is -2.42. The molecule has 0 aromatic heterocycles. The largest absolute Gasteiger partial charge is 0.393 e. The van der Waals surface area contributed by atoms with E-state index in [1.165, 1.54) is 12.8 Å². The third-order valence-corrected chi connectivity index (χ3v) is 3.60. The summed E-state index contributed by atoms with van der Waals surface area (Å²) < 4.78 is 0. The SMILES string of the molecule is CCC1CCC(O)CC1C(C)(C)C. The maximum absolute atomic E-state index is 9.66. The van der Waals surface area contributed by atoms with Crippen LogP contribution in [0.1, 0.15) is 53.4 Å². The molecular formula is C12H24O. The van der Waals surface area contributed by atoms with Gasteiger partial charge >= 0.3 is 0 Å². The van der Waals surface area contributed by atoms with Gasteiger partial charge in [-0.3, -0.25) is 0 Å². The fraction of sp³-hybridized carbons (Fsp3) is 1.00. The molecular weight excluding hydrogens is 160 g/mol. The van der Waals surface area contributed by atoms with Crippen LogP contribution in [0.3, 0.4) is 0 Å². The Kier molecular flexibility index (Phi) is 3.39. The van der Waals surface area contributed by atoms with Crippen molar-refractivity contribution in [3.63, 3.8) is 0 Å². The Bertz CT molecular complexity index is 157. The van der Waals surface area contributed by atoms with Crippen LogP contribution in [0.25, 0.3) is 0 Å². The Morgan fingerprint density at radius 3 is 2.31 bits per heavy atom. The summed E-state index contributed by atoms with van der Waals surface area (Å²) in [7, 11) is 0. The van der Waals surface area contributed by atoms with Crippen LogP contribution < -0.4 is 0 Å². The van der Waals surface area contributed by atoms with Crippen LogP contribution in [0.4, 0.5) is 0 Å². The minimum Gasteiger partial charge on any atom is -0.393 e. The van der Waals surface area contributed by atoms with Gasteiger partial charge in [-0.25, -0.2) is 0 Å². The van der Waals surface area contributed by atoms with Crippen LogP contribution in [-0.2, 0) is 0 Å². The molecule has 1 fully saturated rings. The maximum Gasteiger partial charge on any atom is 0.0543 e. The predicted octanol–water partition coefficient (Wildman–Crippen LogP) is 3.22. The van der Waals surface area contributed by atoms with Gasteiger partial charge < -0.3 is 5.11 Å². The topological polar surface area (TPSA) is 20.2 Å². The van der Waals surface area contributed by atoms with E-state index in [2.05, 4.69) is 27.7 Å². The molecule has 1 heteroatoms. The third-order valence-electron chi connectivity index (χ3n) is 3.60. The van der Waals surface area contributed by atoms with Crippen molar-refractivity contribution in [1.29, 1.82) is 0 Å². The molecule has 0 bridgehead atoms. The third kappa shape index (κ3) is 2.70. The molecule has 3 atom stereocenters. The van der Waals surface area contributed by atoms with Crippen molar-refractivity contribution in [2.75, 3.05) is 0 Å². The first kappa shape index (κ1) is 11.0. The second-order valence-corrected chi connectivity index (χ2v) is 5.61. The minimum atomic E-state index is -0.0352. The molecule has 13 heavy (non-hydrogen) atoms. The molecule has 1 nitrogen and oxygen atoms in total. The number of aliphatic hydroxyl groups is 1. The lowest BCUT2D eigenvalue weighted by Crippen LogP contribution is -2.35. The molecule has 0 amide bonds. The van der Waals surface area contributed by atoms with Gasteiger partial charge in [0.1, 0.15) is 0 Å². The molecule has 0 aromatic rings. The number of hydrogen-bond donors (Lipinski definition) is 1. The highest BCUT2D eigenvalue weighted by atomic mass is 16.3. The number of hydrogen-bond acceptors (Lipinski definition) is 1. The maximum atomic E-state index is 9.66. The van der Waals surface area contributed by atoms with Crippen LogP contribution in [0.15, 0.2) is 0 Å². The smallest absolute Gasteiger partial charge is 0.0543 e. The van der Waals surface area contributed by atoms with Crippen LogP contribution in [0.2, 0.25) is 0 Å². The van der Waals surface area contributed by atoms with E-state index in [0.29, 0.717) is 11.3 Å². The molecule has 0 saturated heterocycles. The average molecular weight is 184 g/mol. The van der Waals surface area contributed by atoms with Gasteiger partial charge in [-0.05, 0) is 36.5 Å². The molecule has 3 unspecified atom stereocenters. The molecule has 78 valence electrons. The van der Waals surface area contributed by atoms with Gasteiger partial charge in [0.05, 0.1) is 6.10 Å². The highest BCUT2D eigenvalue weighted by molar-refractivity contribution is 4.86. The summed E-state index contributed by atoms with van der Waals surface area (Å²) in [5.41, 5.74) is 0.363. The molecule has 0 spiro atoms. The first-order chi connectivity index (χ1) is 5.95. The summed E-state index contributed by atoms with van der Waals surface area (Å²) in [6.45, 7) is 9.19. The van der Waals surface area contributed by atoms with E-state index in [1.54, 1.807) is 0 Å². The van der Waals surface area contributed by atoms with Crippen molar-refractivity contribution in [3.8, 4) is 0 Å². The van der Waals surface area contributed by atoms with E-state index in [4.69, 9.17) is 0 Å². The summed E-state index contributed by atoms with van der Waals surface area (Å²) in [6.07, 6.45) is 4.49. The number of rotatable bonds is 1. The lowest BCUT2D eigenvalue weighted by atomic mass is 9.65. The summed E-state index contributed by atoms with van der Waals surface area (Å²) >= 11 is 0. The van der Waals surface area contributed by atoms with Crippen LogP contribution >= 0.6 is 0 Å². The van der Waals surface area contributed by atoms with Crippen molar-refractivity contribution in [1.82, 2.24) is 0 Å². The van der Waals surface area contributed by atoms with Gasteiger partial charge in [0.15, 0.2) is 0 Å². The van der Waals surface area contributed by atoms with Gasteiger partial charge in [-0.15, -0.1) is 0 Å². The van der Waals surface area contributed by atoms with Crippen molar-refractivity contribution < 1.29 is 5.11 Å². The van der Waals surface area contributed by atoms with E-state index in [-0.39, 0.29) is 6.10 Å². The van der Waals surface area contributed by atoms with E-state index in [1.807, 2.05) is 0 Å². The molecule has 0 radical (unpaired) electrons. The van der Waals surface area contributed by atoms with Crippen molar-refractivity contribution >= 4 is 0 Å². The summed E-state index contributed by atoms with van der Waals surface area (Å²) in [4.78, 5) is 0. The van der Waals surface area contributed by atoms with Gasteiger partial charge in [-0.2, -0.15) is 0 Å². The highest BCUT2D eigenvalue weighted by Crippen LogP contribution is 2.43. The van der Waals surface area contributed by atoms with Gasteiger partial charge in [0, 0.05) is 0 Å². The van der Waals surface area contributed by atoms with Crippen LogP contribution in [-0.4, -0.2) is 11.2 Å². The van der Waals surface area contributed by atoms with Crippen molar-refractivity contribution in [3.05, 3.63) is 0 Å². The van der Waals surface area contributed by atoms with Gasteiger partial charge in [0.25, 0.3) is 0 Å². The zero-order valence-electron chi connectivity index (χ0n) is 9.51. The molecule has 0 heterocycles. The van der Waals surface area contributed by atoms with Crippen molar-refractivity contribution in [2.45, 2.75) is 59.5 Å². The average Bonchev–Trinajstić information content (AvgIpc) is 2.03. The van der Waals surface area contributed by atoms with Gasteiger partial charge in [-0.1, -0.05) is 34.1 Å². The minimum absolute atomic E-state index is 0.0352. The molecule has 0 aromatic carbocycles. The Labute approximate surface area is 82.5 Å². The fourth-order valence-electron chi connectivity index (χ4n) is 2.76. The zero-order chi connectivity index (χ0) is 10.1. The highest BCUT2D eigenvalue weighted by Gasteiger charge is 2.35.